The van der Waals surface area contributed by atoms with Gasteiger partial charge in [0.2, 0.25) is 0 Å². The number of benzene rings is 3. The first-order valence-corrected chi connectivity index (χ1v) is 10.9. The molecule has 1 aliphatic carbocycles. The molecular formula is C26H21ClN2O3. The molecule has 1 aliphatic heterocycles. The van der Waals surface area contributed by atoms with Gasteiger partial charge in [0.15, 0.2) is 11.5 Å². The number of aryl methyl sites for hydroxylation is 1. The van der Waals surface area contributed by atoms with Crippen molar-refractivity contribution in [1.29, 1.82) is 0 Å². The predicted molar refractivity (Wildman–Crippen MR) is 125 cm³/mol. The Bertz CT molecular complexity index is 1250. The van der Waals surface area contributed by atoms with Gasteiger partial charge in [0.1, 0.15) is 0 Å². The minimum atomic E-state index is -0.378. The van der Waals surface area contributed by atoms with Crippen LogP contribution in [0.5, 0.6) is 5.75 Å². The van der Waals surface area contributed by atoms with E-state index in [-0.39, 0.29) is 23.6 Å². The lowest BCUT2D eigenvalue weighted by Gasteiger charge is -2.26. The fourth-order valence-corrected chi connectivity index (χ4v) is 4.39. The zero-order chi connectivity index (χ0) is 22.1. The number of amides is 2. The molecule has 0 radical (unpaired) electrons. The maximum Gasteiger partial charge on any atom is 0.291 e. The zero-order valence-corrected chi connectivity index (χ0v) is 18.0. The summed E-state index contributed by atoms with van der Waals surface area (Å²) in [6, 6.07) is 20.4. The first-order chi connectivity index (χ1) is 15.6. The van der Waals surface area contributed by atoms with Gasteiger partial charge in [-0.3, -0.25) is 9.59 Å². The molecule has 32 heavy (non-hydrogen) atoms. The van der Waals surface area contributed by atoms with E-state index < -0.39 is 0 Å². The normalized spacial score (nSPS) is 18.2. The third-order valence-electron chi connectivity index (χ3n) is 5.75. The molecule has 0 unspecified atom stereocenters. The first-order valence-electron chi connectivity index (χ1n) is 10.6. The Hall–Kier alpha value is -3.57. The van der Waals surface area contributed by atoms with Gasteiger partial charge in [-0.05, 0) is 72.4 Å². The van der Waals surface area contributed by atoms with Crippen molar-refractivity contribution in [2.24, 2.45) is 0 Å². The van der Waals surface area contributed by atoms with Gasteiger partial charge in [-0.15, -0.1) is 0 Å². The molecule has 5 nitrogen and oxygen atoms in total. The van der Waals surface area contributed by atoms with Crippen LogP contribution in [0.1, 0.15) is 45.9 Å². The fourth-order valence-electron chi connectivity index (χ4n) is 4.19. The Kier molecular flexibility index (Phi) is 5.41. The monoisotopic (exact) mass is 444 g/mol. The molecule has 0 saturated carbocycles. The lowest BCUT2D eigenvalue weighted by atomic mass is 9.87. The average Bonchev–Trinajstić information content (AvgIpc) is 2.79. The van der Waals surface area contributed by atoms with Crippen molar-refractivity contribution in [1.82, 2.24) is 5.32 Å². The molecule has 0 fully saturated rings. The van der Waals surface area contributed by atoms with E-state index in [1.54, 1.807) is 42.5 Å². The smallest absolute Gasteiger partial charge is 0.291 e. The van der Waals surface area contributed by atoms with Crippen LogP contribution in [0.2, 0.25) is 5.02 Å². The van der Waals surface area contributed by atoms with E-state index in [1.165, 1.54) is 11.1 Å². The Morgan fingerprint density at radius 3 is 2.84 bits per heavy atom. The van der Waals surface area contributed by atoms with E-state index in [9.17, 15) is 9.59 Å². The largest absolute Gasteiger partial charge is 0.449 e. The number of hydrogen-bond donors (Lipinski definition) is 2. The van der Waals surface area contributed by atoms with E-state index in [2.05, 4.69) is 22.8 Å². The highest BCUT2D eigenvalue weighted by atomic mass is 35.5. The van der Waals surface area contributed by atoms with Crippen LogP contribution < -0.4 is 15.4 Å². The number of halogens is 1. The summed E-state index contributed by atoms with van der Waals surface area (Å²) in [5.74, 6) is 0.0912. The highest BCUT2D eigenvalue weighted by Crippen LogP contribution is 2.34. The minimum absolute atomic E-state index is 0.0124. The summed E-state index contributed by atoms with van der Waals surface area (Å²) in [7, 11) is 0. The molecule has 160 valence electrons. The summed E-state index contributed by atoms with van der Waals surface area (Å²) in [6.07, 6.45) is 4.62. The maximum atomic E-state index is 12.9. The number of carbonyl (C=O) groups is 2. The Morgan fingerprint density at radius 1 is 1.09 bits per heavy atom. The molecular weight excluding hydrogens is 424 g/mol. The molecule has 0 aromatic heterocycles. The number of nitrogens with one attached hydrogen (secondary N) is 2. The predicted octanol–water partition coefficient (Wildman–Crippen LogP) is 5.52. The molecule has 1 atom stereocenters. The highest BCUT2D eigenvalue weighted by molar-refractivity contribution is 6.30. The quantitative estimate of drug-likeness (QED) is 0.523. The lowest BCUT2D eigenvalue weighted by molar-refractivity contribution is -0.115. The fraction of sp³-hybridized carbons (Fsp3) is 0.154. The molecule has 5 rings (SSSR count). The van der Waals surface area contributed by atoms with Crippen molar-refractivity contribution in [2.75, 3.05) is 5.32 Å². The molecule has 2 aliphatic rings. The van der Waals surface area contributed by atoms with Crippen LogP contribution in [0.15, 0.2) is 72.5 Å². The highest BCUT2D eigenvalue weighted by Gasteiger charge is 2.25. The number of anilines is 1. The van der Waals surface area contributed by atoms with Gasteiger partial charge in [-0.1, -0.05) is 48.0 Å². The molecule has 0 saturated heterocycles. The summed E-state index contributed by atoms with van der Waals surface area (Å²) in [6.45, 7) is 0. The van der Waals surface area contributed by atoms with Gasteiger partial charge < -0.3 is 15.4 Å². The van der Waals surface area contributed by atoms with Crippen molar-refractivity contribution >= 4 is 35.2 Å². The third-order valence-corrected chi connectivity index (χ3v) is 5.99. The average molecular weight is 445 g/mol. The van der Waals surface area contributed by atoms with Gasteiger partial charge in [0.25, 0.3) is 11.8 Å². The molecule has 0 bridgehead atoms. The maximum absolute atomic E-state index is 12.9. The number of carbonyl (C=O) groups excluding carboxylic acids is 2. The lowest BCUT2D eigenvalue weighted by Crippen LogP contribution is -2.31. The van der Waals surface area contributed by atoms with Crippen LogP contribution in [0, 0.1) is 0 Å². The van der Waals surface area contributed by atoms with Crippen molar-refractivity contribution < 1.29 is 14.3 Å². The Morgan fingerprint density at radius 2 is 1.97 bits per heavy atom. The van der Waals surface area contributed by atoms with Crippen molar-refractivity contribution in [3.8, 4) is 5.75 Å². The summed E-state index contributed by atoms with van der Waals surface area (Å²) < 4.78 is 5.79. The van der Waals surface area contributed by atoms with E-state index >= 15 is 0 Å². The molecule has 6 heteroatoms. The van der Waals surface area contributed by atoms with Crippen molar-refractivity contribution in [3.05, 3.63) is 99.8 Å². The summed E-state index contributed by atoms with van der Waals surface area (Å²) >= 11 is 6.02. The second kappa shape index (κ2) is 8.52. The summed E-state index contributed by atoms with van der Waals surface area (Å²) in [5, 5.41) is 6.53. The standard InChI is InChI=1S/C26H21ClN2O3/c27-19-8-3-5-16(13-19)14-24-26(31)29-22-15-18(11-12-23(22)32-24)25(30)28-21-10-4-7-17-6-1-2-9-20(17)21/h1-3,5-6,8-9,11-15,21H,4,7,10H2,(H,28,30)(H,29,31)/b24-14-/t21-/m1/s1. The van der Waals surface area contributed by atoms with Gasteiger partial charge in [0, 0.05) is 10.6 Å². The first kappa shape index (κ1) is 20.3. The van der Waals surface area contributed by atoms with E-state index in [4.69, 9.17) is 16.3 Å². The topological polar surface area (TPSA) is 67.4 Å². The summed E-state index contributed by atoms with van der Waals surface area (Å²) in [4.78, 5) is 25.5. The van der Waals surface area contributed by atoms with E-state index in [1.807, 2.05) is 18.2 Å². The molecule has 0 spiro atoms. The Balaban J connectivity index is 1.35. The second-order valence-corrected chi connectivity index (χ2v) is 8.38. The van der Waals surface area contributed by atoms with Crippen LogP contribution in [-0.4, -0.2) is 11.8 Å². The van der Waals surface area contributed by atoms with Crippen LogP contribution in [0.3, 0.4) is 0 Å². The van der Waals surface area contributed by atoms with Crippen LogP contribution >= 0.6 is 11.6 Å². The van der Waals surface area contributed by atoms with E-state index in [0.717, 1.165) is 24.8 Å². The molecule has 1 heterocycles. The number of hydrogen-bond acceptors (Lipinski definition) is 3. The zero-order valence-electron chi connectivity index (χ0n) is 17.2. The van der Waals surface area contributed by atoms with Gasteiger partial charge in [-0.25, -0.2) is 0 Å². The number of ether oxygens (including phenoxy) is 1. The molecule has 3 aromatic rings. The Labute approximate surface area is 191 Å². The third kappa shape index (κ3) is 4.12. The van der Waals surface area contributed by atoms with E-state index in [0.29, 0.717) is 22.0 Å². The molecule has 2 N–H and O–H groups in total. The number of rotatable bonds is 3. The van der Waals surface area contributed by atoms with Crippen molar-refractivity contribution in [2.45, 2.75) is 25.3 Å². The second-order valence-electron chi connectivity index (χ2n) is 7.95. The van der Waals surface area contributed by atoms with Crippen molar-refractivity contribution in [3.63, 3.8) is 0 Å². The van der Waals surface area contributed by atoms with Crippen LogP contribution in [-0.2, 0) is 11.2 Å². The SMILES string of the molecule is O=C1Nc2cc(C(=O)N[C@@H]3CCCc4ccccc43)ccc2O/C1=C\c1cccc(Cl)c1. The van der Waals surface area contributed by atoms with Gasteiger partial charge >= 0.3 is 0 Å². The van der Waals surface area contributed by atoms with Crippen LogP contribution in [0.25, 0.3) is 6.08 Å². The molecule has 2 amide bonds. The molecule has 3 aromatic carbocycles. The summed E-state index contributed by atoms with van der Waals surface area (Å²) in [5.41, 5.74) is 4.16. The van der Waals surface area contributed by atoms with Gasteiger partial charge in [-0.2, -0.15) is 0 Å². The van der Waals surface area contributed by atoms with Crippen LogP contribution in [0.4, 0.5) is 5.69 Å². The number of fused-ring (bicyclic) bond motifs is 2. The van der Waals surface area contributed by atoms with Gasteiger partial charge in [0.05, 0.1) is 11.7 Å². The minimum Gasteiger partial charge on any atom is -0.449 e.